The highest BCUT2D eigenvalue weighted by atomic mass is 35.5. The van der Waals surface area contributed by atoms with Crippen LogP contribution in [-0.2, 0) is 27.4 Å². The highest BCUT2D eigenvalue weighted by Gasteiger charge is 2.39. The van der Waals surface area contributed by atoms with E-state index < -0.39 is 18.1 Å². The maximum Gasteiger partial charge on any atom is 0.267 e. The molecule has 2 heterocycles. The van der Waals surface area contributed by atoms with Gasteiger partial charge in [-0.15, -0.1) is 0 Å². The first-order valence-corrected chi connectivity index (χ1v) is 9.54. The van der Waals surface area contributed by atoms with E-state index in [1.54, 1.807) is 18.2 Å². The summed E-state index contributed by atoms with van der Waals surface area (Å²) in [7, 11) is 0. The van der Waals surface area contributed by atoms with E-state index in [1.807, 2.05) is 24.3 Å². The number of nitrogens with zero attached hydrogens (tertiary/aromatic N) is 2. The molecule has 2 aromatic rings. The standard InChI is InChI=1S/C20H17Cl2N3O3/c21-13-5-6-14(15(22)8-13)16-9-18(28-24-16)20(27)25-10-12-4-2-1-3-11(12)7-17(25)19(23)26/h1-6,8,17-18H,7,9-10H2,(H2,23,26)/t17-,18?/m0/s1. The van der Waals surface area contributed by atoms with Gasteiger partial charge in [-0.2, -0.15) is 0 Å². The summed E-state index contributed by atoms with van der Waals surface area (Å²) in [5.74, 6) is -0.857. The molecule has 2 aliphatic heterocycles. The molecule has 2 aromatic carbocycles. The first kappa shape index (κ1) is 18.8. The molecule has 2 atom stereocenters. The summed E-state index contributed by atoms with van der Waals surface area (Å²) in [5.41, 5.74) is 8.81. The molecule has 144 valence electrons. The number of fused-ring (bicyclic) bond motifs is 1. The zero-order chi connectivity index (χ0) is 19.8. The van der Waals surface area contributed by atoms with Gasteiger partial charge in [-0.25, -0.2) is 0 Å². The van der Waals surface area contributed by atoms with Crippen molar-refractivity contribution in [3.63, 3.8) is 0 Å². The quantitative estimate of drug-likeness (QED) is 0.832. The number of amides is 2. The van der Waals surface area contributed by atoms with Crippen LogP contribution in [0.15, 0.2) is 47.6 Å². The summed E-state index contributed by atoms with van der Waals surface area (Å²) in [6, 6.07) is 12.0. The van der Waals surface area contributed by atoms with Gasteiger partial charge < -0.3 is 15.5 Å². The van der Waals surface area contributed by atoms with E-state index >= 15 is 0 Å². The Morgan fingerprint density at radius 3 is 2.57 bits per heavy atom. The van der Waals surface area contributed by atoms with Gasteiger partial charge in [0.05, 0.1) is 10.7 Å². The molecular weight excluding hydrogens is 401 g/mol. The molecule has 4 rings (SSSR count). The Labute approximate surface area is 171 Å². The average molecular weight is 418 g/mol. The van der Waals surface area contributed by atoms with E-state index in [1.165, 1.54) is 4.90 Å². The SMILES string of the molecule is NC(=O)[C@@H]1Cc2ccccc2CN1C(=O)C1CC(c2ccc(Cl)cc2Cl)=NO1. The fraction of sp³-hybridized carbons (Fsp3) is 0.250. The first-order valence-electron chi connectivity index (χ1n) is 8.78. The number of rotatable bonds is 3. The number of carbonyl (C=O) groups is 2. The molecule has 0 fully saturated rings. The molecule has 2 amide bonds. The molecule has 0 aromatic heterocycles. The Bertz CT molecular complexity index is 992. The van der Waals surface area contributed by atoms with Gasteiger partial charge in [-0.1, -0.05) is 58.7 Å². The molecule has 2 aliphatic rings. The van der Waals surface area contributed by atoms with Crippen LogP contribution >= 0.6 is 23.2 Å². The third-order valence-electron chi connectivity index (χ3n) is 5.05. The number of benzene rings is 2. The van der Waals surface area contributed by atoms with Gasteiger partial charge in [0.15, 0.2) is 0 Å². The zero-order valence-corrected chi connectivity index (χ0v) is 16.3. The second kappa shape index (κ2) is 7.45. The Morgan fingerprint density at radius 2 is 1.86 bits per heavy atom. The van der Waals surface area contributed by atoms with Crippen LogP contribution in [0.4, 0.5) is 0 Å². The van der Waals surface area contributed by atoms with Gasteiger partial charge in [0.25, 0.3) is 5.91 Å². The number of carbonyl (C=O) groups excluding carboxylic acids is 2. The number of primary amides is 1. The lowest BCUT2D eigenvalue weighted by Gasteiger charge is -2.36. The summed E-state index contributed by atoms with van der Waals surface area (Å²) in [4.78, 5) is 32.0. The van der Waals surface area contributed by atoms with Crippen molar-refractivity contribution in [2.75, 3.05) is 0 Å². The smallest absolute Gasteiger partial charge is 0.267 e. The van der Waals surface area contributed by atoms with Crippen molar-refractivity contribution < 1.29 is 14.4 Å². The van der Waals surface area contributed by atoms with Crippen molar-refractivity contribution in [1.29, 1.82) is 0 Å². The van der Waals surface area contributed by atoms with Crippen molar-refractivity contribution >= 4 is 40.7 Å². The molecule has 0 bridgehead atoms. The molecule has 2 N–H and O–H groups in total. The maximum absolute atomic E-state index is 13.1. The van der Waals surface area contributed by atoms with E-state index in [0.717, 1.165) is 11.1 Å². The van der Waals surface area contributed by atoms with Crippen LogP contribution in [0.3, 0.4) is 0 Å². The van der Waals surface area contributed by atoms with Crippen LogP contribution < -0.4 is 5.73 Å². The van der Waals surface area contributed by atoms with Gasteiger partial charge in [-0.05, 0) is 23.3 Å². The third-order valence-corrected chi connectivity index (χ3v) is 5.59. The highest BCUT2D eigenvalue weighted by Crippen LogP contribution is 2.29. The summed E-state index contributed by atoms with van der Waals surface area (Å²) in [5, 5.41) is 4.98. The fourth-order valence-electron chi connectivity index (χ4n) is 3.59. The number of oxime groups is 1. The first-order chi connectivity index (χ1) is 13.4. The van der Waals surface area contributed by atoms with E-state index in [2.05, 4.69) is 5.16 Å². The summed E-state index contributed by atoms with van der Waals surface area (Å²) in [6.07, 6.45) is -0.182. The molecule has 0 spiro atoms. The van der Waals surface area contributed by atoms with Crippen LogP contribution in [0.25, 0.3) is 0 Å². The Morgan fingerprint density at radius 1 is 1.11 bits per heavy atom. The lowest BCUT2D eigenvalue weighted by molar-refractivity contribution is -0.149. The van der Waals surface area contributed by atoms with Crippen LogP contribution in [0.5, 0.6) is 0 Å². The van der Waals surface area contributed by atoms with Crippen LogP contribution in [0.2, 0.25) is 10.0 Å². The van der Waals surface area contributed by atoms with Gasteiger partial charge in [0, 0.05) is 30.0 Å². The van der Waals surface area contributed by atoms with Crippen molar-refractivity contribution in [3.8, 4) is 0 Å². The molecule has 0 saturated heterocycles. The van der Waals surface area contributed by atoms with Crippen LogP contribution in [0, 0.1) is 0 Å². The number of halogens is 2. The molecule has 0 radical (unpaired) electrons. The lowest BCUT2D eigenvalue weighted by atomic mass is 9.92. The molecule has 8 heteroatoms. The van der Waals surface area contributed by atoms with Gasteiger partial charge in [-0.3, -0.25) is 9.59 Å². The molecule has 28 heavy (non-hydrogen) atoms. The Balaban J connectivity index is 1.54. The molecule has 0 saturated carbocycles. The van der Waals surface area contributed by atoms with Crippen LogP contribution in [0.1, 0.15) is 23.1 Å². The maximum atomic E-state index is 13.1. The van der Waals surface area contributed by atoms with E-state index in [0.29, 0.717) is 34.3 Å². The largest absolute Gasteiger partial charge is 0.382 e. The normalized spacial score (nSPS) is 20.9. The minimum atomic E-state index is -0.825. The van der Waals surface area contributed by atoms with Crippen molar-refractivity contribution in [2.24, 2.45) is 10.9 Å². The summed E-state index contributed by atoms with van der Waals surface area (Å²) in [6.45, 7) is 0.305. The van der Waals surface area contributed by atoms with E-state index in [-0.39, 0.29) is 12.3 Å². The minimum absolute atomic E-state index is 0.254. The van der Waals surface area contributed by atoms with Gasteiger partial charge in [0.2, 0.25) is 12.0 Å². The zero-order valence-electron chi connectivity index (χ0n) is 14.8. The predicted octanol–water partition coefficient (Wildman–Crippen LogP) is 2.93. The second-order valence-electron chi connectivity index (χ2n) is 6.82. The monoisotopic (exact) mass is 417 g/mol. The minimum Gasteiger partial charge on any atom is -0.382 e. The highest BCUT2D eigenvalue weighted by molar-refractivity contribution is 6.37. The summed E-state index contributed by atoms with van der Waals surface area (Å²) < 4.78 is 0. The second-order valence-corrected chi connectivity index (χ2v) is 7.66. The van der Waals surface area contributed by atoms with Crippen molar-refractivity contribution in [1.82, 2.24) is 4.90 Å². The number of nitrogens with two attached hydrogens (primary N) is 1. The van der Waals surface area contributed by atoms with Gasteiger partial charge in [0.1, 0.15) is 6.04 Å². The number of hydrogen-bond donors (Lipinski definition) is 1. The van der Waals surface area contributed by atoms with E-state index in [4.69, 9.17) is 33.8 Å². The van der Waals surface area contributed by atoms with Crippen LogP contribution in [-0.4, -0.2) is 34.6 Å². The molecule has 1 unspecified atom stereocenters. The fourth-order valence-corrected chi connectivity index (χ4v) is 4.10. The van der Waals surface area contributed by atoms with E-state index in [9.17, 15) is 9.59 Å². The third kappa shape index (κ3) is 3.45. The molecular formula is C20H17Cl2N3O3. The molecule has 6 nitrogen and oxygen atoms in total. The topological polar surface area (TPSA) is 85.0 Å². The average Bonchev–Trinajstić information content (AvgIpc) is 3.16. The van der Waals surface area contributed by atoms with Crippen molar-refractivity contribution in [2.45, 2.75) is 31.5 Å². The lowest BCUT2D eigenvalue weighted by Crippen LogP contribution is -2.53. The predicted molar refractivity (Wildman–Crippen MR) is 106 cm³/mol. The Hall–Kier alpha value is -2.57. The molecule has 0 aliphatic carbocycles. The van der Waals surface area contributed by atoms with Gasteiger partial charge >= 0.3 is 0 Å². The van der Waals surface area contributed by atoms with Crippen molar-refractivity contribution in [3.05, 3.63) is 69.2 Å². The summed E-state index contributed by atoms with van der Waals surface area (Å²) >= 11 is 12.2. The Kier molecular flexibility index (Phi) is 5.00. The number of hydrogen-bond acceptors (Lipinski definition) is 4.